The lowest BCUT2D eigenvalue weighted by Gasteiger charge is -2.29. The minimum Gasteiger partial charge on any atom is -0.330 e. The van der Waals surface area contributed by atoms with Gasteiger partial charge in [-0.3, -0.25) is 0 Å². The van der Waals surface area contributed by atoms with Crippen LogP contribution in [0.25, 0.3) is 0 Å². The number of rotatable bonds is 1. The average molecular weight is 224 g/mol. The van der Waals surface area contributed by atoms with Crippen LogP contribution in [-0.4, -0.2) is 25.1 Å². The molecule has 78 valence electrons. The molecule has 1 aliphatic rings. The van der Waals surface area contributed by atoms with Gasteiger partial charge in [0.05, 0.1) is 13.2 Å². The Hall–Kier alpha value is -0.0000000000000000416. The fourth-order valence-corrected chi connectivity index (χ4v) is 1.85. The van der Waals surface area contributed by atoms with Crippen molar-refractivity contribution in [3.63, 3.8) is 0 Å². The van der Waals surface area contributed by atoms with Gasteiger partial charge in [0.15, 0.2) is 0 Å². The summed E-state index contributed by atoms with van der Waals surface area (Å²) in [6, 6.07) is 0. The van der Waals surface area contributed by atoms with E-state index < -0.39 is 20.2 Å². The first-order valence-electron chi connectivity index (χ1n) is 3.36. The van der Waals surface area contributed by atoms with Crippen LogP contribution >= 0.6 is 8.38 Å². The van der Waals surface area contributed by atoms with Crippen LogP contribution in [0.3, 0.4) is 0 Å². The molecule has 0 aliphatic carbocycles. The summed E-state index contributed by atoms with van der Waals surface area (Å²) in [5.41, 5.74) is -4.87. The number of halogens is 5. The van der Waals surface area contributed by atoms with Crippen LogP contribution in [0.4, 0.5) is 22.0 Å². The molecular formula is C5H6F5O2P. The van der Waals surface area contributed by atoms with E-state index in [0.29, 0.717) is 6.42 Å². The van der Waals surface area contributed by atoms with E-state index in [9.17, 15) is 22.0 Å². The van der Waals surface area contributed by atoms with E-state index in [-0.39, 0.29) is 13.2 Å². The van der Waals surface area contributed by atoms with E-state index in [0.717, 1.165) is 0 Å². The van der Waals surface area contributed by atoms with Gasteiger partial charge >= 0.3 is 11.8 Å². The molecule has 0 aromatic rings. The fraction of sp³-hybridized carbons (Fsp3) is 1.00. The van der Waals surface area contributed by atoms with Crippen molar-refractivity contribution in [2.24, 2.45) is 0 Å². The van der Waals surface area contributed by atoms with Crippen LogP contribution in [-0.2, 0) is 9.05 Å². The van der Waals surface area contributed by atoms with Gasteiger partial charge < -0.3 is 9.05 Å². The summed E-state index contributed by atoms with van der Waals surface area (Å²) >= 11 is 0. The molecule has 0 radical (unpaired) electrons. The van der Waals surface area contributed by atoms with Crippen LogP contribution < -0.4 is 0 Å². The lowest BCUT2D eigenvalue weighted by Crippen LogP contribution is -2.36. The lowest BCUT2D eigenvalue weighted by molar-refractivity contribution is -0.247. The molecule has 13 heavy (non-hydrogen) atoms. The molecule has 0 spiro atoms. The number of hydrogen-bond donors (Lipinski definition) is 0. The topological polar surface area (TPSA) is 18.5 Å². The van der Waals surface area contributed by atoms with E-state index in [4.69, 9.17) is 0 Å². The van der Waals surface area contributed by atoms with E-state index in [1.165, 1.54) is 0 Å². The van der Waals surface area contributed by atoms with Gasteiger partial charge in [-0.25, -0.2) is 0 Å². The zero-order chi connectivity index (χ0) is 10.1. The highest BCUT2D eigenvalue weighted by atomic mass is 31.2. The van der Waals surface area contributed by atoms with Crippen molar-refractivity contribution in [2.75, 3.05) is 13.2 Å². The van der Waals surface area contributed by atoms with Crippen molar-refractivity contribution in [2.45, 2.75) is 18.3 Å². The van der Waals surface area contributed by atoms with Gasteiger partial charge in [0.25, 0.3) is 8.38 Å². The summed E-state index contributed by atoms with van der Waals surface area (Å²) in [6.07, 6.45) is -5.26. The third kappa shape index (κ3) is 2.27. The first-order valence-corrected chi connectivity index (χ1v) is 4.54. The first kappa shape index (κ1) is 11.1. The van der Waals surface area contributed by atoms with Crippen molar-refractivity contribution in [3.05, 3.63) is 0 Å². The van der Waals surface area contributed by atoms with Crippen molar-refractivity contribution >= 4 is 8.38 Å². The summed E-state index contributed by atoms with van der Waals surface area (Å²) in [5, 5.41) is 0. The second-order valence-electron chi connectivity index (χ2n) is 2.32. The standard InChI is InChI=1S/C5H6F5O2P/c6-4(7,8)5(9,10)13-11-2-1-3-12-13/h1-3H2. The Bertz CT molecular complexity index is 176. The fourth-order valence-electron chi connectivity index (χ4n) is 0.657. The second-order valence-corrected chi connectivity index (χ2v) is 3.91. The van der Waals surface area contributed by atoms with Crippen LogP contribution in [0.5, 0.6) is 0 Å². The summed E-state index contributed by atoms with van der Waals surface area (Å²) in [6.45, 7) is -0.227. The number of alkyl halides is 5. The van der Waals surface area contributed by atoms with Gasteiger partial charge in [-0.2, -0.15) is 22.0 Å². The Labute approximate surface area is 71.9 Å². The Kier molecular flexibility index (Phi) is 3.09. The lowest BCUT2D eigenvalue weighted by atomic mass is 10.5. The largest absolute Gasteiger partial charge is 0.462 e. The molecule has 8 heteroatoms. The van der Waals surface area contributed by atoms with E-state index in [1.807, 2.05) is 0 Å². The minimum absolute atomic E-state index is 0.114. The molecular weight excluding hydrogens is 218 g/mol. The van der Waals surface area contributed by atoms with Gasteiger partial charge in [0, 0.05) is 0 Å². The van der Waals surface area contributed by atoms with Gasteiger partial charge in [-0.1, -0.05) is 0 Å². The van der Waals surface area contributed by atoms with Crippen LogP contribution in [0.1, 0.15) is 6.42 Å². The quantitative estimate of drug-likeness (QED) is 0.503. The zero-order valence-electron chi connectivity index (χ0n) is 6.27. The Balaban J connectivity index is 2.67. The second kappa shape index (κ2) is 3.63. The molecule has 1 rings (SSSR count). The molecule has 0 aromatic heterocycles. The van der Waals surface area contributed by atoms with Crippen molar-refractivity contribution in [1.82, 2.24) is 0 Å². The smallest absolute Gasteiger partial charge is 0.330 e. The molecule has 0 amide bonds. The predicted molar refractivity (Wildman–Crippen MR) is 34.4 cm³/mol. The van der Waals surface area contributed by atoms with Crippen molar-refractivity contribution in [1.29, 1.82) is 0 Å². The molecule has 0 unspecified atom stereocenters. The average Bonchev–Trinajstić information content (AvgIpc) is 2.04. The molecule has 0 N–H and O–H groups in total. The van der Waals surface area contributed by atoms with Crippen LogP contribution in [0.2, 0.25) is 0 Å². The Morgan fingerprint density at radius 2 is 1.38 bits per heavy atom. The Morgan fingerprint density at radius 1 is 0.923 bits per heavy atom. The highest BCUT2D eigenvalue weighted by Crippen LogP contribution is 2.62. The Morgan fingerprint density at radius 3 is 1.77 bits per heavy atom. The zero-order valence-corrected chi connectivity index (χ0v) is 7.17. The molecule has 0 atom stereocenters. The maximum absolute atomic E-state index is 12.5. The predicted octanol–water partition coefficient (Wildman–Crippen LogP) is 2.89. The van der Waals surface area contributed by atoms with Gasteiger partial charge in [-0.05, 0) is 6.42 Å². The van der Waals surface area contributed by atoms with Gasteiger partial charge in [0.1, 0.15) is 0 Å². The minimum atomic E-state index is -5.60. The summed E-state index contributed by atoms with van der Waals surface area (Å²) in [7, 11) is -3.16. The molecule has 1 aliphatic heterocycles. The first-order chi connectivity index (χ1) is 5.86. The third-order valence-electron chi connectivity index (χ3n) is 1.28. The van der Waals surface area contributed by atoms with Crippen LogP contribution in [0, 0.1) is 0 Å². The maximum atomic E-state index is 12.5. The molecule has 1 saturated heterocycles. The molecule has 0 bridgehead atoms. The summed E-state index contributed by atoms with van der Waals surface area (Å²) < 4.78 is 68.6. The molecule has 0 saturated carbocycles. The monoisotopic (exact) mass is 224 g/mol. The highest BCUT2D eigenvalue weighted by molar-refractivity contribution is 7.48. The molecule has 1 heterocycles. The maximum Gasteiger partial charge on any atom is 0.462 e. The summed E-state index contributed by atoms with van der Waals surface area (Å²) in [4.78, 5) is 0. The SMILES string of the molecule is FC(F)(F)C(F)(F)P1OCCCO1. The van der Waals surface area contributed by atoms with Crippen LogP contribution in [0.15, 0.2) is 0 Å². The van der Waals surface area contributed by atoms with E-state index in [1.54, 1.807) is 0 Å². The molecule has 1 fully saturated rings. The van der Waals surface area contributed by atoms with Crippen molar-refractivity contribution in [3.8, 4) is 0 Å². The third-order valence-corrected chi connectivity index (χ3v) is 2.82. The number of hydrogen-bond acceptors (Lipinski definition) is 2. The highest BCUT2D eigenvalue weighted by Gasteiger charge is 2.65. The normalized spacial score (nSPS) is 21.9. The molecule has 0 aromatic carbocycles. The van der Waals surface area contributed by atoms with E-state index >= 15 is 0 Å². The summed E-state index contributed by atoms with van der Waals surface area (Å²) in [5.74, 6) is 0. The van der Waals surface area contributed by atoms with Gasteiger partial charge in [0.2, 0.25) is 0 Å². The molecule has 2 nitrogen and oxygen atoms in total. The van der Waals surface area contributed by atoms with Crippen molar-refractivity contribution < 1.29 is 31.0 Å². The van der Waals surface area contributed by atoms with E-state index in [2.05, 4.69) is 9.05 Å². The van der Waals surface area contributed by atoms with Gasteiger partial charge in [-0.15, -0.1) is 0 Å².